The van der Waals surface area contributed by atoms with Crippen LogP contribution in [0.15, 0.2) is 48.5 Å². The van der Waals surface area contributed by atoms with Crippen LogP contribution in [0.1, 0.15) is 31.8 Å². The van der Waals surface area contributed by atoms with Crippen molar-refractivity contribution in [2.45, 2.75) is 42.0 Å². The zero-order chi connectivity index (χ0) is 32.0. The van der Waals surface area contributed by atoms with Crippen molar-refractivity contribution in [3.05, 3.63) is 70.8 Å². The lowest BCUT2D eigenvalue weighted by Gasteiger charge is -2.40. The molecule has 0 spiro atoms. The molecule has 0 aliphatic carbocycles. The second-order valence-corrected chi connectivity index (χ2v) is 7.90. The molecule has 0 heterocycles. The van der Waals surface area contributed by atoms with E-state index in [0.717, 1.165) is 0 Å². The van der Waals surface area contributed by atoms with Crippen molar-refractivity contribution >= 4 is 11.8 Å². The predicted molar refractivity (Wildman–Crippen MR) is 103 cm³/mol. The molecule has 0 aliphatic heterocycles. The maximum atomic E-state index is 14.6. The third kappa shape index (κ3) is 5.59. The monoisotopic (exact) mass is 626 g/mol. The van der Waals surface area contributed by atoms with Crippen LogP contribution in [-0.2, 0) is 12.1 Å². The number of rotatable bonds is 7. The molecular weight excluding hydrogens is 616 g/mol. The summed E-state index contributed by atoms with van der Waals surface area (Å²) in [7, 11) is 0. The highest BCUT2D eigenvalue weighted by Gasteiger charge is 2.91. The quantitative estimate of drug-likeness (QED) is 0.258. The number of hydrazine groups is 1. The fourth-order valence-corrected chi connectivity index (χ4v) is 2.96. The molecule has 2 amide bonds. The van der Waals surface area contributed by atoms with Crippen LogP contribution in [0.5, 0.6) is 0 Å². The number of nitrogens with one attached hydrogen (secondary N) is 2. The Morgan fingerprint density at radius 1 is 0.512 bits per heavy atom. The predicted octanol–water partition coefficient (Wildman–Crippen LogP) is 6.98. The van der Waals surface area contributed by atoms with Gasteiger partial charge in [-0.3, -0.25) is 20.4 Å². The molecule has 2 aromatic carbocycles. The molecule has 0 saturated heterocycles. The van der Waals surface area contributed by atoms with E-state index < -0.39 is 76.0 Å². The van der Waals surface area contributed by atoms with Gasteiger partial charge in [-0.25, -0.2) is 0 Å². The largest absolute Gasteiger partial charge is 0.460 e. The Balaban J connectivity index is 2.41. The van der Waals surface area contributed by atoms with Crippen LogP contribution >= 0.6 is 0 Å². The van der Waals surface area contributed by atoms with Crippen LogP contribution in [0.25, 0.3) is 0 Å². The van der Waals surface area contributed by atoms with E-state index in [0.29, 0.717) is 36.4 Å². The Morgan fingerprint density at radius 2 is 0.951 bits per heavy atom. The first-order chi connectivity index (χ1) is 18.2. The molecular formula is C21H10F16N2O2. The highest BCUT2D eigenvalue weighted by atomic mass is 19.4. The van der Waals surface area contributed by atoms with Gasteiger partial charge in [0.05, 0.1) is 11.1 Å². The molecule has 2 aromatic rings. The molecule has 0 aromatic heterocycles. The van der Waals surface area contributed by atoms with Crippen molar-refractivity contribution in [3.63, 3.8) is 0 Å². The average Bonchev–Trinajstić information content (AvgIpc) is 2.85. The number of amides is 2. The second kappa shape index (κ2) is 10.3. The number of benzene rings is 2. The first-order valence-electron chi connectivity index (χ1n) is 10.1. The summed E-state index contributed by atoms with van der Waals surface area (Å²) in [5.41, 5.74) is -3.54. The molecule has 2 N–H and O–H groups in total. The Morgan fingerprint density at radius 3 is 1.41 bits per heavy atom. The van der Waals surface area contributed by atoms with Gasteiger partial charge in [-0.05, 0) is 30.3 Å². The van der Waals surface area contributed by atoms with Crippen molar-refractivity contribution in [2.75, 3.05) is 0 Å². The maximum absolute atomic E-state index is 14.6. The van der Waals surface area contributed by atoms with Gasteiger partial charge in [0.1, 0.15) is 0 Å². The van der Waals surface area contributed by atoms with Gasteiger partial charge in [0, 0.05) is 11.1 Å². The van der Waals surface area contributed by atoms with Gasteiger partial charge >= 0.3 is 42.0 Å². The van der Waals surface area contributed by atoms with E-state index in [1.807, 2.05) is 0 Å². The number of hydrogen-bond donors (Lipinski definition) is 2. The smallest absolute Gasteiger partial charge is 0.267 e. The normalized spacial score (nSPS) is 14.0. The fourth-order valence-electron chi connectivity index (χ4n) is 2.96. The van der Waals surface area contributed by atoms with Crippen LogP contribution in [0.3, 0.4) is 0 Å². The molecule has 0 radical (unpaired) electrons. The van der Waals surface area contributed by atoms with Crippen LogP contribution in [0, 0.1) is 0 Å². The summed E-state index contributed by atoms with van der Waals surface area (Å²) >= 11 is 0. The number of carbonyl (C=O) groups excluding carboxylic acids is 2. The molecule has 0 saturated carbocycles. The zero-order valence-electron chi connectivity index (χ0n) is 19.0. The van der Waals surface area contributed by atoms with Gasteiger partial charge in [-0.2, -0.15) is 70.2 Å². The molecule has 228 valence electrons. The molecule has 0 bridgehead atoms. The summed E-state index contributed by atoms with van der Waals surface area (Å²) in [4.78, 5) is 24.2. The van der Waals surface area contributed by atoms with E-state index in [-0.39, 0.29) is 12.1 Å². The van der Waals surface area contributed by atoms with Gasteiger partial charge in [-0.1, -0.05) is 18.2 Å². The second-order valence-electron chi connectivity index (χ2n) is 7.90. The van der Waals surface area contributed by atoms with E-state index in [4.69, 9.17) is 0 Å². The van der Waals surface area contributed by atoms with Crippen molar-refractivity contribution in [1.82, 2.24) is 10.9 Å². The van der Waals surface area contributed by atoms with Crippen molar-refractivity contribution in [3.8, 4) is 0 Å². The average molecular weight is 626 g/mol. The topological polar surface area (TPSA) is 58.2 Å². The first-order valence-corrected chi connectivity index (χ1v) is 10.1. The summed E-state index contributed by atoms with van der Waals surface area (Å²) < 4.78 is 213. The van der Waals surface area contributed by atoms with Gasteiger partial charge in [0.2, 0.25) is 0 Å². The standard InChI is InChI=1S/C21H10F16N2O2/c22-15(23,17(27,28)18(29,30)19(31,32)20(33,34)21(35,36)37)12-4-2-1-3-11(12)14(41)39-38-13(40)9-5-7-10(8-6-9)16(24,25)26/h1-8H,(H,38,40)(H,39,41). The van der Waals surface area contributed by atoms with Crippen molar-refractivity contribution < 1.29 is 79.8 Å². The van der Waals surface area contributed by atoms with Gasteiger partial charge < -0.3 is 0 Å². The van der Waals surface area contributed by atoms with Gasteiger partial charge in [0.15, 0.2) is 0 Å². The summed E-state index contributed by atoms with van der Waals surface area (Å²) in [6, 6.07) is 2.72. The van der Waals surface area contributed by atoms with E-state index in [2.05, 4.69) is 0 Å². The van der Waals surface area contributed by atoms with Crippen molar-refractivity contribution in [2.24, 2.45) is 0 Å². The first kappa shape index (κ1) is 33.5. The van der Waals surface area contributed by atoms with Gasteiger partial charge in [0.25, 0.3) is 11.8 Å². The molecule has 4 nitrogen and oxygen atoms in total. The summed E-state index contributed by atoms with van der Waals surface area (Å²) in [6.45, 7) is 0. The molecule has 0 fully saturated rings. The molecule has 2 rings (SSSR count). The minimum absolute atomic E-state index is 0.152. The van der Waals surface area contributed by atoms with E-state index in [1.54, 1.807) is 0 Å². The zero-order valence-corrected chi connectivity index (χ0v) is 19.0. The highest BCUT2D eigenvalue weighted by Crippen LogP contribution is 2.62. The lowest BCUT2D eigenvalue weighted by molar-refractivity contribution is -0.441. The van der Waals surface area contributed by atoms with E-state index in [9.17, 15) is 79.8 Å². The van der Waals surface area contributed by atoms with Crippen LogP contribution in [0.4, 0.5) is 70.2 Å². The summed E-state index contributed by atoms with van der Waals surface area (Å²) in [6.07, 6.45) is -12.4. The molecule has 0 aliphatic rings. The number of carbonyl (C=O) groups is 2. The summed E-state index contributed by atoms with van der Waals surface area (Å²) in [5, 5.41) is 0. The fraction of sp³-hybridized carbons (Fsp3) is 0.333. The van der Waals surface area contributed by atoms with Crippen LogP contribution < -0.4 is 10.9 Å². The number of hydrogen-bond acceptors (Lipinski definition) is 2. The maximum Gasteiger partial charge on any atom is 0.460 e. The lowest BCUT2D eigenvalue weighted by Crippen LogP contribution is -2.69. The molecule has 20 heteroatoms. The van der Waals surface area contributed by atoms with E-state index >= 15 is 0 Å². The lowest BCUT2D eigenvalue weighted by atomic mass is 9.88. The highest BCUT2D eigenvalue weighted by molar-refractivity contribution is 6.00. The Labute approximate surface area is 216 Å². The van der Waals surface area contributed by atoms with Crippen LogP contribution in [0.2, 0.25) is 0 Å². The minimum atomic E-state index is -8.15. The molecule has 0 unspecified atom stereocenters. The van der Waals surface area contributed by atoms with Crippen molar-refractivity contribution in [1.29, 1.82) is 0 Å². The Hall–Kier alpha value is -3.74. The van der Waals surface area contributed by atoms with Gasteiger partial charge in [-0.15, -0.1) is 0 Å². The minimum Gasteiger partial charge on any atom is -0.267 e. The Bertz CT molecular complexity index is 1280. The SMILES string of the molecule is O=C(NNC(=O)c1ccccc1C(F)(F)C(F)(F)C(F)(F)C(F)(F)C(F)(F)C(F)(F)F)c1ccc(C(F)(F)F)cc1. The Kier molecular flexibility index (Phi) is 8.38. The molecule has 41 heavy (non-hydrogen) atoms. The van der Waals surface area contributed by atoms with Crippen LogP contribution in [-0.4, -0.2) is 41.7 Å². The molecule has 0 atom stereocenters. The summed E-state index contributed by atoms with van der Waals surface area (Å²) in [5.74, 6) is -42.2. The number of halogens is 16. The number of alkyl halides is 16. The third-order valence-electron chi connectivity index (χ3n) is 5.21. The third-order valence-corrected chi connectivity index (χ3v) is 5.21. The van der Waals surface area contributed by atoms with E-state index in [1.165, 1.54) is 10.9 Å².